The van der Waals surface area contributed by atoms with E-state index in [-0.39, 0.29) is 0 Å². The summed E-state index contributed by atoms with van der Waals surface area (Å²) in [6, 6.07) is 15.1. The van der Waals surface area contributed by atoms with E-state index in [0.29, 0.717) is 5.71 Å². The first-order valence-corrected chi connectivity index (χ1v) is 9.88. The largest absolute Gasteiger partial charge is 0.497 e. The van der Waals surface area contributed by atoms with Crippen molar-refractivity contribution in [3.8, 4) is 11.5 Å². The van der Waals surface area contributed by atoms with Gasteiger partial charge in [0.15, 0.2) is 0 Å². The highest BCUT2D eigenvalue weighted by Crippen LogP contribution is 2.19. The second-order valence-corrected chi connectivity index (χ2v) is 6.67. The summed E-state index contributed by atoms with van der Waals surface area (Å²) in [5, 5.41) is 12.9. The van der Waals surface area contributed by atoms with Crippen molar-refractivity contribution in [2.75, 3.05) is 13.7 Å². The van der Waals surface area contributed by atoms with Gasteiger partial charge >= 0.3 is 0 Å². The van der Waals surface area contributed by atoms with Crippen molar-refractivity contribution in [2.45, 2.75) is 51.9 Å². The lowest BCUT2D eigenvalue weighted by atomic mass is 10.0. The predicted octanol–water partition coefficient (Wildman–Crippen LogP) is 6.05. The van der Waals surface area contributed by atoms with Gasteiger partial charge in [0.25, 0.3) is 0 Å². The number of unbranched alkanes of at least 4 members (excludes halogenated alkanes) is 6. The fraction of sp³-hybridized carbons (Fsp3) is 0.435. The van der Waals surface area contributed by atoms with Crippen LogP contribution in [-0.4, -0.2) is 24.6 Å². The van der Waals surface area contributed by atoms with E-state index in [1.165, 1.54) is 38.5 Å². The Labute approximate surface area is 162 Å². The molecule has 0 aromatic heterocycles. The van der Waals surface area contributed by atoms with Crippen LogP contribution in [0, 0.1) is 0 Å². The number of benzene rings is 2. The van der Waals surface area contributed by atoms with Crippen molar-refractivity contribution in [1.82, 2.24) is 0 Å². The molecular formula is C23H31NO3. The van der Waals surface area contributed by atoms with E-state index in [1.54, 1.807) is 7.11 Å². The highest BCUT2D eigenvalue weighted by molar-refractivity contribution is 6.12. The van der Waals surface area contributed by atoms with Crippen LogP contribution in [0.25, 0.3) is 0 Å². The van der Waals surface area contributed by atoms with Gasteiger partial charge in [0, 0.05) is 11.1 Å². The van der Waals surface area contributed by atoms with E-state index in [0.717, 1.165) is 35.7 Å². The molecule has 0 heterocycles. The molecule has 0 bridgehead atoms. The second kappa shape index (κ2) is 12.0. The minimum atomic E-state index is 0.524. The zero-order valence-corrected chi connectivity index (χ0v) is 16.5. The summed E-state index contributed by atoms with van der Waals surface area (Å²) in [6.45, 7) is 2.98. The Kier molecular flexibility index (Phi) is 9.25. The molecule has 0 aliphatic rings. The lowest BCUT2D eigenvalue weighted by molar-refractivity contribution is 0.304. The van der Waals surface area contributed by atoms with Crippen molar-refractivity contribution in [3.63, 3.8) is 0 Å². The van der Waals surface area contributed by atoms with Gasteiger partial charge in [-0.1, -0.05) is 50.6 Å². The van der Waals surface area contributed by atoms with E-state index >= 15 is 0 Å². The Morgan fingerprint density at radius 1 is 0.778 bits per heavy atom. The summed E-state index contributed by atoms with van der Waals surface area (Å²) in [7, 11) is 1.63. The Balaban J connectivity index is 1.81. The standard InChI is InChI=1S/C23H31NO3/c1-3-4-5-6-7-8-9-18-27-22-16-12-20(13-17-22)23(24-25)19-10-14-21(26-2)15-11-19/h10-17,25H,3-9,18H2,1-2H3. The molecule has 0 unspecified atom stereocenters. The molecule has 0 saturated heterocycles. The summed E-state index contributed by atoms with van der Waals surface area (Å²) in [6.07, 6.45) is 8.92. The number of methoxy groups -OCH3 is 1. The number of oxime groups is 1. The molecule has 0 radical (unpaired) electrons. The lowest BCUT2D eigenvalue weighted by Gasteiger charge is -2.09. The molecule has 27 heavy (non-hydrogen) atoms. The van der Waals surface area contributed by atoms with Gasteiger partial charge in [-0.3, -0.25) is 0 Å². The Morgan fingerprint density at radius 2 is 1.30 bits per heavy atom. The third-order valence-corrected chi connectivity index (χ3v) is 4.61. The van der Waals surface area contributed by atoms with E-state index in [9.17, 15) is 5.21 Å². The highest BCUT2D eigenvalue weighted by atomic mass is 16.5. The number of hydrogen-bond donors (Lipinski definition) is 1. The van der Waals surface area contributed by atoms with Crippen LogP contribution >= 0.6 is 0 Å². The molecule has 146 valence electrons. The number of hydrogen-bond acceptors (Lipinski definition) is 4. The number of nitrogens with zero attached hydrogens (tertiary/aromatic N) is 1. The summed E-state index contributed by atoms with van der Waals surface area (Å²) in [5.41, 5.74) is 2.19. The zero-order chi connectivity index (χ0) is 19.3. The molecule has 2 rings (SSSR count). The first-order valence-electron chi connectivity index (χ1n) is 9.88. The van der Waals surface area contributed by atoms with Crippen molar-refractivity contribution < 1.29 is 14.7 Å². The maximum absolute atomic E-state index is 9.43. The number of ether oxygens (including phenoxy) is 2. The molecule has 2 aromatic rings. The van der Waals surface area contributed by atoms with E-state index in [4.69, 9.17) is 9.47 Å². The quantitative estimate of drug-likeness (QED) is 0.214. The van der Waals surface area contributed by atoms with Crippen LogP contribution in [-0.2, 0) is 0 Å². The van der Waals surface area contributed by atoms with E-state index in [2.05, 4.69) is 12.1 Å². The Morgan fingerprint density at radius 3 is 1.81 bits per heavy atom. The molecule has 0 amide bonds. The maximum atomic E-state index is 9.43. The van der Waals surface area contributed by atoms with E-state index < -0.39 is 0 Å². The zero-order valence-electron chi connectivity index (χ0n) is 16.5. The molecule has 2 aromatic carbocycles. The normalized spacial score (nSPS) is 11.4. The highest BCUT2D eigenvalue weighted by Gasteiger charge is 2.08. The second-order valence-electron chi connectivity index (χ2n) is 6.67. The lowest BCUT2D eigenvalue weighted by Crippen LogP contribution is -2.04. The summed E-state index contributed by atoms with van der Waals surface area (Å²) in [5.74, 6) is 1.61. The first-order chi connectivity index (χ1) is 13.3. The van der Waals surface area contributed by atoms with Crippen LogP contribution in [0.3, 0.4) is 0 Å². The number of rotatable bonds is 12. The third-order valence-electron chi connectivity index (χ3n) is 4.61. The van der Waals surface area contributed by atoms with Crippen molar-refractivity contribution in [1.29, 1.82) is 0 Å². The Bertz CT molecular complexity index is 678. The first kappa shape index (κ1) is 20.8. The van der Waals surface area contributed by atoms with Gasteiger partial charge < -0.3 is 14.7 Å². The van der Waals surface area contributed by atoms with Gasteiger partial charge in [0.2, 0.25) is 0 Å². The van der Waals surface area contributed by atoms with Crippen molar-refractivity contribution in [2.24, 2.45) is 5.16 Å². The molecule has 0 saturated carbocycles. The van der Waals surface area contributed by atoms with Gasteiger partial charge in [0.05, 0.1) is 13.7 Å². The Hall–Kier alpha value is -2.49. The van der Waals surface area contributed by atoms with Gasteiger partial charge in [0.1, 0.15) is 17.2 Å². The molecule has 1 N–H and O–H groups in total. The minimum Gasteiger partial charge on any atom is -0.497 e. The van der Waals surface area contributed by atoms with Crippen molar-refractivity contribution in [3.05, 3.63) is 59.7 Å². The summed E-state index contributed by atoms with van der Waals surface area (Å²) < 4.78 is 11.0. The van der Waals surface area contributed by atoms with Gasteiger partial charge in [-0.25, -0.2) is 0 Å². The molecule has 0 fully saturated rings. The predicted molar refractivity (Wildman–Crippen MR) is 110 cm³/mol. The molecule has 0 atom stereocenters. The van der Waals surface area contributed by atoms with Crippen LogP contribution in [0.5, 0.6) is 11.5 Å². The minimum absolute atomic E-state index is 0.524. The summed E-state index contributed by atoms with van der Waals surface area (Å²) >= 11 is 0. The topological polar surface area (TPSA) is 51.0 Å². The van der Waals surface area contributed by atoms with Crippen LogP contribution in [0.1, 0.15) is 63.0 Å². The third kappa shape index (κ3) is 6.97. The fourth-order valence-corrected chi connectivity index (χ4v) is 2.99. The monoisotopic (exact) mass is 369 g/mol. The van der Waals surface area contributed by atoms with Crippen LogP contribution < -0.4 is 9.47 Å². The van der Waals surface area contributed by atoms with Crippen molar-refractivity contribution >= 4 is 5.71 Å². The van der Waals surface area contributed by atoms with E-state index in [1.807, 2.05) is 48.5 Å². The molecule has 0 spiro atoms. The van der Waals surface area contributed by atoms with Crippen LogP contribution in [0.2, 0.25) is 0 Å². The maximum Gasteiger partial charge on any atom is 0.119 e. The molecule has 4 nitrogen and oxygen atoms in total. The smallest absolute Gasteiger partial charge is 0.119 e. The van der Waals surface area contributed by atoms with Crippen LogP contribution in [0.4, 0.5) is 0 Å². The molecule has 0 aliphatic heterocycles. The molecule has 4 heteroatoms. The fourth-order valence-electron chi connectivity index (χ4n) is 2.99. The van der Waals surface area contributed by atoms with Gasteiger partial charge in [-0.2, -0.15) is 0 Å². The van der Waals surface area contributed by atoms with Crippen LogP contribution in [0.15, 0.2) is 53.7 Å². The summed E-state index contributed by atoms with van der Waals surface area (Å²) in [4.78, 5) is 0. The molecule has 0 aliphatic carbocycles. The van der Waals surface area contributed by atoms with Gasteiger partial charge in [-0.05, 0) is 55.0 Å². The average Bonchev–Trinajstić information content (AvgIpc) is 2.72. The molecular weight excluding hydrogens is 338 g/mol. The van der Waals surface area contributed by atoms with Gasteiger partial charge in [-0.15, -0.1) is 0 Å². The SMILES string of the molecule is CCCCCCCCCOc1ccc(C(=NO)c2ccc(OC)cc2)cc1. The average molecular weight is 370 g/mol.